The summed E-state index contributed by atoms with van der Waals surface area (Å²) in [5.41, 5.74) is 6.31. The Bertz CT molecular complexity index is 668. The SMILES string of the molecule is CN(C)S(=O)(=O)c1ccc(C(=O)N2CCC(N)CC2)cc1Br. The molecule has 0 spiro atoms. The van der Waals surface area contributed by atoms with Gasteiger partial charge < -0.3 is 10.6 Å². The summed E-state index contributed by atoms with van der Waals surface area (Å²) in [6.07, 6.45) is 1.58. The molecule has 0 aromatic heterocycles. The van der Waals surface area contributed by atoms with Gasteiger partial charge in [0.05, 0.1) is 4.90 Å². The zero-order chi connectivity index (χ0) is 16.5. The van der Waals surface area contributed by atoms with Gasteiger partial charge in [-0.2, -0.15) is 0 Å². The molecule has 6 nitrogen and oxygen atoms in total. The van der Waals surface area contributed by atoms with Gasteiger partial charge in [-0.25, -0.2) is 12.7 Å². The summed E-state index contributed by atoms with van der Waals surface area (Å²) in [4.78, 5) is 14.4. The average Bonchev–Trinajstić information content (AvgIpc) is 2.46. The van der Waals surface area contributed by atoms with Crippen molar-refractivity contribution in [3.05, 3.63) is 28.2 Å². The number of halogens is 1. The fourth-order valence-corrected chi connectivity index (χ4v) is 4.26. The minimum Gasteiger partial charge on any atom is -0.339 e. The van der Waals surface area contributed by atoms with Crippen LogP contribution in [-0.4, -0.2) is 56.8 Å². The van der Waals surface area contributed by atoms with Gasteiger partial charge in [-0.3, -0.25) is 4.79 Å². The maximum absolute atomic E-state index is 12.5. The van der Waals surface area contributed by atoms with Crippen molar-refractivity contribution in [2.45, 2.75) is 23.8 Å². The average molecular weight is 390 g/mol. The molecule has 1 aliphatic rings. The number of hydrogen-bond acceptors (Lipinski definition) is 4. The number of piperidine rings is 1. The van der Waals surface area contributed by atoms with Crippen molar-refractivity contribution in [3.8, 4) is 0 Å². The highest BCUT2D eigenvalue weighted by atomic mass is 79.9. The molecule has 1 amide bonds. The lowest BCUT2D eigenvalue weighted by atomic mass is 10.0. The number of likely N-dealkylation sites (tertiary alicyclic amines) is 1. The Morgan fingerprint density at radius 3 is 2.41 bits per heavy atom. The standard InChI is InChI=1S/C14H20BrN3O3S/c1-17(2)22(20,21)13-4-3-10(9-12(13)15)14(19)18-7-5-11(16)6-8-18/h3-4,9,11H,5-8,16H2,1-2H3. The van der Waals surface area contributed by atoms with Crippen molar-refractivity contribution in [2.75, 3.05) is 27.2 Å². The quantitative estimate of drug-likeness (QED) is 0.843. The third-order valence-corrected chi connectivity index (χ3v) is 6.56. The number of carbonyl (C=O) groups excluding carboxylic acids is 1. The van der Waals surface area contributed by atoms with Gasteiger partial charge >= 0.3 is 0 Å². The van der Waals surface area contributed by atoms with E-state index in [0.29, 0.717) is 23.1 Å². The second-order valence-corrected chi connectivity index (χ2v) is 8.54. The summed E-state index contributed by atoms with van der Waals surface area (Å²) < 4.78 is 25.8. The van der Waals surface area contributed by atoms with Gasteiger partial charge in [-0.15, -0.1) is 0 Å². The summed E-state index contributed by atoms with van der Waals surface area (Å²) in [5, 5.41) is 0. The number of nitrogens with zero attached hydrogens (tertiary/aromatic N) is 2. The van der Waals surface area contributed by atoms with Crippen molar-refractivity contribution >= 4 is 31.9 Å². The van der Waals surface area contributed by atoms with Crippen LogP contribution in [0.4, 0.5) is 0 Å². The third kappa shape index (κ3) is 3.51. The molecule has 2 N–H and O–H groups in total. The number of nitrogens with two attached hydrogens (primary N) is 1. The molecule has 1 saturated heterocycles. The molecule has 1 aromatic carbocycles. The first-order chi connectivity index (χ1) is 10.2. The molecule has 1 heterocycles. The summed E-state index contributed by atoms with van der Waals surface area (Å²) in [6.45, 7) is 1.27. The molecule has 0 atom stereocenters. The topological polar surface area (TPSA) is 83.7 Å². The maximum atomic E-state index is 12.5. The maximum Gasteiger partial charge on any atom is 0.253 e. The monoisotopic (exact) mass is 389 g/mol. The Morgan fingerprint density at radius 2 is 1.91 bits per heavy atom. The molecule has 22 heavy (non-hydrogen) atoms. The van der Waals surface area contributed by atoms with E-state index in [1.54, 1.807) is 17.0 Å². The second kappa shape index (κ2) is 6.66. The molecule has 1 aromatic rings. The van der Waals surface area contributed by atoms with Crippen molar-refractivity contribution in [1.29, 1.82) is 0 Å². The van der Waals surface area contributed by atoms with E-state index in [4.69, 9.17) is 5.73 Å². The van der Waals surface area contributed by atoms with Gasteiger partial charge in [-0.1, -0.05) is 0 Å². The van der Waals surface area contributed by atoms with Gasteiger partial charge in [0.1, 0.15) is 0 Å². The molecule has 0 aliphatic carbocycles. The molecule has 0 unspecified atom stereocenters. The molecule has 1 fully saturated rings. The number of hydrogen-bond donors (Lipinski definition) is 1. The lowest BCUT2D eigenvalue weighted by molar-refractivity contribution is 0.0714. The first-order valence-electron chi connectivity index (χ1n) is 7.00. The van der Waals surface area contributed by atoms with Gasteiger partial charge in [0.2, 0.25) is 10.0 Å². The molecule has 0 radical (unpaired) electrons. The lowest BCUT2D eigenvalue weighted by Gasteiger charge is -2.30. The predicted octanol–water partition coefficient (Wildman–Crippen LogP) is 1.26. The minimum atomic E-state index is -3.54. The molecule has 1 aliphatic heterocycles. The van der Waals surface area contributed by atoms with Gasteiger partial charge in [0.15, 0.2) is 0 Å². The summed E-state index contributed by atoms with van der Waals surface area (Å²) in [7, 11) is -0.597. The fraction of sp³-hybridized carbons (Fsp3) is 0.500. The Labute approximate surface area is 139 Å². The van der Waals surface area contributed by atoms with Crippen LogP contribution in [0.5, 0.6) is 0 Å². The largest absolute Gasteiger partial charge is 0.339 e. The van der Waals surface area contributed by atoms with Crippen LogP contribution in [0, 0.1) is 0 Å². The highest BCUT2D eigenvalue weighted by Crippen LogP contribution is 2.26. The molecule has 0 bridgehead atoms. The number of benzene rings is 1. The number of carbonyl (C=O) groups is 1. The van der Waals surface area contributed by atoms with Crippen molar-refractivity contribution in [1.82, 2.24) is 9.21 Å². The predicted molar refractivity (Wildman–Crippen MR) is 88.1 cm³/mol. The summed E-state index contributed by atoms with van der Waals surface area (Å²) >= 11 is 3.26. The smallest absolute Gasteiger partial charge is 0.253 e. The normalized spacial score (nSPS) is 17.0. The fourth-order valence-electron chi connectivity index (χ4n) is 2.32. The van der Waals surface area contributed by atoms with Crippen LogP contribution in [0.1, 0.15) is 23.2 Å². The lowest BCUT2D eigenvalue weighted by Crippen LogP contribution is -2.42. The highest BCUT2D eigenvalue weighted by Gasteiger charge is 2.24. The van der Waals surface area contributed by atoms with Crippen LogP contribution in [0.25, 0.3) is 0 Å². The van der Waals surface area contributed by atoms with Gasteiger partial charge in [0.25, 0.3) is 5.91 Å². The van der Waals surface area contributed by atoms with Crippen molar-refractivity contribution < 1.29 is 13.2 Å². The van der Waals surface area contributed by atoms with E-state index in [2.05, 4.69) is 15.9 Å². The van der Waals surface area contributed by atoms with Crippen LogP contribution in [-0.2, 0) is 10.0 Å². The Morgan fingerprint density at radius 1 is 1.32 bits per heavy atom. The van der Waals surface area contributed by atoms with E-state index in [1.807, 2.05) is 0 Å². The molecular formula is C14H20BrN3O3S. The van der Waals surface area contributed by atoms with Crippen LogP contribution in [0.3, 0.4) is 0 Å². The first-order valence-corrected chi connectivity index (χ1v) is 9.23. The van der Waals surface area contributed by atoms with E-state index in [1.165, 1.54) is 20.2 Å². The van der Waals surface area contributed by atoms with E-state index < -0.39 is 10.0 Å². The van der Waals surface area contributed by atoms with Crippen LogP contribution in [0.2, 0.25) is 0 Å². The molecular weight excluding hydrogens is 370 g/mol. The van der Waals surface area contributed by atoms with Crippen molar-refractivity contribution in [2.24, 2.45) is 5.73 Å². The molecule has 2 rings (SSSR count). The van der Waals surface area contributed by atoms with Gasteiger partial charge in [-0.05, 0) is 47.0 Å². The molecule has 8 heteroatoms. The number of sulfonamides is 1. The zero-order valence-electron chi connectivity index (χ0n) is 12.6. The Hall–Kier alpha value is -0.960. The van der Waals surface area contributed by atoms with Gasteiger partial charge in [0, 0.05) is 43.3 Å². The Kier molecular flexibility index (Phi) is 5.26. The van der Waals surface area contributed by atoms with Crippen LogP contribution >= 0.6 is 15.9 Å². The molecule has 0 saturated carbocycles. The zero-order valence-corrected chi connectivity index (χ0v) is 15.0. The first kappa shape index (κ1) is 17.4. The van der Waals surface area contributed by atoms with Crippen LogP contribution in [0.15, 0.2) is 27.6 Å². The van der Waals surface area contributed by atoms with Crippen LogP contribution < -0.4 is 5.73 Å². The number of amides is 1. The highest BCUT2D eigenvalue weighted by molar-refractivity contribution is 9.10. The van der Waals surface area contributed by atoms with Crippen molar-refractivity contribution in [3.63, 3.8) is 0 Å². The Balaban J connectivity index is 2.24. The minimum absolute atomic E-state index is 0.0959. The van der Waals surface area contributed by atoms with E-state index in [-0.39, 0.29) is 16.8 Å². The van der Waals surface area contributed by atoms with E-state index >= 15 is 0 Å². The molecule has 122 valence electrons. The second-order valence-electron chi connectivity index (χ2n) is 5.56. The summed E-state index contributed by atoms with van der Waals surface area (Å²) in [6, 6.07) is 4.73. The van der Waals surface area contributed by atoms with E-state index in [9.17, 15) is 13.2 Å². The third-order valence-electron chi connectivity index (χ3n) is 3.76. The van der Waals surface area contributed by atoms with E-state index in [0.717, 1.165) is 17.1 Å². The summed E-state index contributed by atoms with van der Waals surface area (Å²) in [5.74, 6) is -0.0959. The number of rotatable bonds is 3.